The molecule has 0 aliphatic heterocycles. The van der Waals surface area contributed by atoms with Crippen LogP contribution < -0.4 is 5.63 Å². The molecule has 0 fully saturated rings. The van der Waals surface area contributed by atoms with Crippen LogP contribution in [-0.2, 0) is 0 Å². The third-order valence-electron chi connectivity index (χ3n) is 6.09. The SMILES string of the molecule is O=c1oc2ccccc2cc1-c1nc2cc(-c3nc4ccccc4s3)ccc2n1-c1ccccc1. The molecule has 0 N–H and O–H groups in total. The fourth-order valence-corrected chi connectivity index (χ4v) is 5.41. The van der Waals surface area contributed by atoms with Gasteiger partial charge in [-0.05, 0) is 54.6 Å². The predicted molar refractivity (Wildman–Crippen MR) is 141 cm³/mol. The Kier molecular flexibility index (Phi) is 4.40. The Balaban J connectivity index is 1.49. The molecule has 5 nitrogen and oxygen atoms in total. The molecule has 0 aliphatic carbocycles. The third-order valence-corrected chi connectivity index (χ3v) is 7.18. The molecule has 0 unspecified atom stereocenters. The van der Waals surface area contributed by atoms with Crippen molar-refractivity contribution in [2.75, 3.05) is 0 Å². The first-order chi connectivity index (χ1) is 17.2. The maximum absolute atomic E-state index is 13.1. The summed E-state index contributed by atoms with van der Waals surface area (Å²) >= 11 is 1.66. The summed E-state index contributed by atoms with van der Waals surface area (Å²) in [5, 5.41) is 1.79. The molecule has 7 rings (SSSR count). The molecule has 0 aliphatic rings. The number of rotatable bonds is 3. The molecule has 0 amide bonds. The molecule has 0 spiro atoms. The summed E-state index contributed by atoms with van der Waals surface area (Å²) in [5.74, 6) is 0.548. The van der Waals surface area contributed by atoms with E-state index in [4.69, 9.17) is 14.4 Å². The van der Waals surface area contributed by atoms with Gasteiger partial charge in [-0.1, -0.05) is 48.5 Å². The first kappa shape index (κ1) is 19.9. The smallest absolute Gasteiger partial charge is 0.347 e. The molecule has 0 saturated heterocycles. The van der Waals surface area contributed by atoms with Crippen molar-refractivity contribution in [2.24, 2.45) is 0 Å². The lowest BCUT2D eigenvalue weighted by Crippen LogP contribution is -2.07. The second-order valence-electron chi connectivity index (χ2n) is 8.28. The van der Waals surface area contributed by atoms with Crippen LogP contribution >= 0.6 is 11.3 Å². The summed E-state index contributed by atoms with van der Waals surface area (Å²) in [6.45, 7) is 0. The highest BCUT2D eigenvalue weighted by atomic mass is 32.1. The van der Waals surface area contributed by atoms with Crippen LogP contribution in [0.3, 0.4) is 0 Å². The van der Waals surface area contributed by atoms with E-state index in [0.29, 0.717) is 17.0 Å². The van der Waals surface area contributed by atoms with Gasteiger partial charge < -0.3 is 4.42 Å². The number of para-hydroxylation sites is 3. The van der Waals surface area contributed by atoms with Gasteiger partial charge in [0.2, 0.25) is 0 Å². The number of thiazole rings is 1. The Labute approximate surface area is 203 Å². The van der Waals surface area contributed by atoms with Gasteiger partial charge in [-0.15, -0.1) is 11.3 Å². The molecule has 6 heteroatoms. The lowest BCUT2D eigenvalue weighted by molar-refractivity contribution is 0.562. The highest BCUT2D eigenvalue weighted by molar-refractivity contribution is 7.21. The topological polar surface area (TPSA) is 60.9 Å². The molecular weight excluding hydrogens is 454 g/mol. The van der Waals surface area contributed by atoms with Crippen molar-refractivity contribution >= 4 is 43.6 Å². The third kappa shape index (κ3) is 3.26. The van der Waals surface area contributed by atoms with Crippen LogP contribution in [0.4, 0.5) is 0 Å². The zero-order valence-electron chi connectivity index (χ0n) is 18.4. The summed E-state index contributed by atoms with van der Waals surface area (Å²) in [6.07, 6.45) is 0. The summed E-state index contributed by atoms with van der Waals surface area (Å²) in [4.78, 5) is 22.8. The normalized spacial score (nSPS) is 11.5. The van der Waals surface area contributed by atoms with Gasteiger partial charge in [-0.3, -0.25) is 4.57 Å². The van der Waals surface area contributed by atoms with E-state index < -0.39 is 5.63 Å². The highest BCUT2D eigenvalue weighted by Gasteiger charge is 2.19. The van der Waals surface area contributed by atoms with Crippen LogP contribution in [0.25, 0.3) is 59.9 Å². The van der Waals surface area contributed by atoms with Gasteiger partial charge in [0.05, 0.1) is 21.3 Å². The van der Waals surface area contributed by atoms with Gasteiger partial charge in [-0.2, -0.15) is 0 Å². The summed E-state index contributed by atoms with van der Waals surface area (Å²) in [6, 6.07) is 33.6. The quantitative estimate of drug-likeness (QED) is 0.259. The zero-order chi connectivity index (χ0) is 23.4. The fourth-order valence-electron chi connectivity index (χ4n) is 4.45. The summed E-state index contributed by atoms with van der Waals surface area (Å²) in [5.41, 5.74) is 5.15. The molecule has 4 aromatic carbocycles. The van der Waals surface area contributed by atoms with Gasteiger partial charge in [0.1, 0.15) is 16.2 Å². The molecular formula is C29H17N3O2S. The predicted octanol–water partition coefficient (Wildman–Crippen LogP) is 7.08. The molecule has 0 atom stereocenters. The molecule has 166 valence electrons. The van der Waals surface area contributed by atoms with Crippen LogP contribution in [0.5, 0.6) is 0 Å². The van der Waals surface area contributed by atoms with E-state index in [9.17, 15) is 4.79 Å². The Bertz CT molecular complexity index is 1900. The maximum Gasteiger partial charge on any atom is 0.347 e. The number of hydrogen-bond acceptors (Lipinski definition) is 5. The number of aromatic nitrogens is 3. The van der Waals surface area contributed by atoms with E-state index in [1.54, 1.807) is 17.4 Å². The minimum atomic E-state index is -0.414. The molecule has 7 aromatic rings. The Hall–Kier alpha value is -4.55. The average Bonchev–Trinajstić information content (AvgIpc) is 3.50. The number of benzene rings is 4. The Morgan fingerprint density at radius 2 is 1.54 bits per heavy atom. The van der Waals surface area contributed by atoms with Gasteiger partial charge >= 0.3 is 5.63 Å². The molecule has 0 radical (unpaired) electrons. The minimum absolute atomic E-state index is 0.414. The number of hydrogen-bond donors (Lipinski definition) is 0. The Morgan fingerprint density at radius 3 is 2.43 bits per heavy atom. The fraction of sp³-hybridized carbons (Fsp3) is 0. The number of nitrogens with zero attached hydrogens (tertiary/aromatic N) is 3. The average molecular weight is 472 g/mol. The van der Waals surface area contributed by atoms with Crippen molar-refractivity contribution in [3.63, 3.8) is 0 Å². The molecule has 0 saturated carbocycles. The second kappa shape index (κ2) is 7.75. The summed E-state index contributed by atoms with van der Waals surface area (Å²) in [7, 11) is 0. The van der Waals surface area contributed by atoms with Crippen LogP contribution in [0.1, 0.15) is 0 Å². The van der Waals surface area contributed by atoms with E-state index in [1.165, 1.54) is 0 Å². The van der Waals surface area contributed by atoms with Gasteiger partial charge in [-0.25, -0.2) is 14.8 Å². The molecule has 35 heavy (non-hydrogen) atoms. The van der Waals surface area contributed by atoms with E-state index in [0.717, 1.165) is 42.9 Å². The minimum Gasteiger partial charge on any atom is -0.422 e. The van der Waals surface area contributed by atoms with Crippen molar-refractivity contribution in [3.8, 4) is 27.6 Å². The first-order valence-electron chi connectivity index (χ1n) is 11.2. The van der Waals surface area contributed by atoms with Crippen molar-refractivity contribution in [1.82, 2.24) is 14.5 Å². The lowest BCUT2D eigenvalue weighted by atomic mass is 10.1. The number of fused-ring (bicyclic) bond motifs is 3. The van der Waals surface area contributed by atoms with Gasteiger partial charge in [0.15, 0.2) is 5.82 Å². The van der Waals surface area contributed by atoms with Crippen molar-refractivity contribution < 1.29 is 4.42 Å². The van der Waals surface area contributed by atoms with Crippen LogP contribution in [0.2, 0.25) is 0 Å². The Morgan fingerprint density at radius 1 is 0.743 bits per heavy atom. The monoisotopic (exact) mass is 471 g/mol. The maximum atomic E-state index is 13.1. The molecule has 3 heterocycles. The van der Waals surface area contributed by atoms with Crippen LogP contribution in [0.15, 0.2) is 112 Å². The van der Waals surface area contributed by atoms with Crippen LogP contribution in [-0.4, -0.2) is 14.5 Å². The van der Waals surface area contributed by atoms with Crippen LogP contribution in [0, 0.1) is 0 Å². The molecule has 0 bridgehead atoms. The standard InChI is InChI=1S/C29H17N3O2S/c33-29-21(16-18-8-4-6-12-25(18)34-29)27-30-23-17-19(28-31-22-11-5-7-13-26(22)35-28)14-15-24(23)32(27)20-9-2-1-3-10-20/h1-17H. The van der Waals surface area contributed by atoms with Crippen molar-refractivity contribution in [1.29, 1.82) is 0 Å². The molecule has 3 aromatic heterocycles. The van der Waals surface area contributed by atoms with Gasteiger partial charge in [0, 0.05) is 16.6 Å². The first-order valence-corrected chi connectivity index (χ1v) is 12.0. The second-order valence-corrected chi connectivity index (χ2v) is 9.31. The zero-order valence-corrected chi connectivity index (χ0v) is 19.2. The van der Waals surface area contributed by atoms with E-state index in [1.807, 2.05) is 89.5 Å². The van der Waals surface area contributed by atoms with E-state index in [-0.39, 0.29) is 0 Å². The van der Waals surface area contributed by atoms with Crippen molar-refractivity contribution in [2.45, 2.75) is 0 Å². The van der Waals surface area contributed by atoms with E-state index >= 15 is 0 Å². The largest absolute Gasteiger partial charge is 0.422 e. The lowest BCUT2D eigenvalue weighted by Gasteiger charge is -2.09. The van der Waals surface area contributed by atoms with Crippen molar-refractivity contribution in [3.05, 3.63) is 114 Å². The summed E-state index contributed by atoms with van der Waals surface area (Å²) < 4.78 is 8.80. The van der Waals surface area contributed by atoms with Gasteiger partial charge in [0.25, 0.3) is 0 Å². The highest BCUT2D eigenvalue weighted by Crippen LogP contribution is 2.34. The number of imidazole rings is 1. The van der Waals surface area contributed by atoms with E-state index in [2.05, 4.69) is 12.1 Å².